The molecular weight excluding hydrogens is 314 g/mol. The van der Waals surface area contributed by atoms with Crippen molar-refractivity contribution < 1.29 is 14.2 Å². The number of fused-ring (bicyclic) bond motifs is 1. The van der Waals surface area contributed by atoms with Gasteiger partial charge in [0.1, 0.15) is 19.0 Å². The molecule has 0 amide bonds. The molecular formula is C18H20ClNO3. The van der Waals surface area contributed by atoms with E-state index in [1.807, 2.05) is 36.4 Å². The van der Waals surface area contributed by atoms with Crippen LogP contribution in [0, 0.1) is 0 Å². The lowest BCUT2D eigenvalue weighted by molar-refractivity contribution is 0.171. The molecule has 1 aliphatic heterocycles. The average Bonchev–Trinajstić information content (AvgIpc) is 2.59. The van der Waals surface area contributed by atoms with Crippen molar-refractivity contribution in [1.29, 1.82) is 0 Å². The Morgan fingerprint density at radius 1 is 1.09 bits per heavy atom. The Balaban J connectivity index is 1.63. The molecule has 5 heteroatoms. The van der Waals surface area contributed by atoms with E-state index in [0.717, 1.165) is 34.9 Å². The van der Waals surface area contributed by atoms with Gasteiger partial charge in [0.25, 0.3) is 0 Å². The van der Waals surface area contributed by atoms with Crippen molar-refractivity contribution in [2.45, 2.75) is 19.9 Å². The Morgan fingerprint density at radius 3 is 2.70 bits per heavy atom. The summed E-state index contributed by atoms with van der Waals surface area (Å²) in [6, 6.07) is 11.7. The Kier molecular flexibility index (Phi) is 5.13. The second-order valence-corrected chi connectivity index (χ2v) is 5.73. The van der Waals surface area contributed by atoms with Crippen LogP contribution in [0.25, 0.3) is 0 Å². The predicted octanol–water partition coefficient (Wildman–Crippen LogP) is 4.51. The molecule has 2 aromatic carbocycles. The second kappa shape index (κ2) is 7.47. The van der Waals surface area contributed by atoms with E-state index in [-0.39, 0.29) is 0 Å². The molecule has 0 aliphatic carbocycles. The lowest BCUT2D eigenvalue weighted by Gasteiger charge is -2.19. The van der Waals surface area contributed by atoms with E-state index in [1.165, 1.54) is 0 Å². The van der Waals surface area contributed by atoms with Crippen LogP contribution in [0.1, 0.15) is 18.9 Å². The number of nitrogens with one attached hydrogen (secondary N) is 1. The molecule has 1 N–H and O–H groups in total. The number of hydrogen-bond acceptors (Lipinski definition) is 4. The lowest BCUT2D eigenvalue weighted by atomic mass is 10.2. The van der Waals surface area contributed by atoms with Gasteiger partial charge in [-0.2, -0.15) is 0 Å². The molecule has 0 saturated heterocycles. The van der Waals surface area contributed by atoms with Crippen LogP contribution in [0.5, 0.6) is 17.2 Å². The minimum atomic E-state index is 0.589. The van der Waals surface area contributed by atoms with E-state index in [4.69, 9.17) is 25.8 Å². The van der Waals surface area contributed by atoms with Crippen LogP contribution in [0.4, 0.5) is 5.69 Å². The maximum absolute atomic E-state index is 6.25. The van der Waals surface area contributed by atoms with Crippen molar-refractivity contribution in [3.05, 3.63) is 47.0 Å². The summed E-state index contributed by atoms with van der Waals surface area (Å²) in [4.78, 5) is 0. The van der Waals surface area contributed by atoms with Crippen molar-refractivity contribution >= 4 is 17.3 Å². The average molecular weight is 334 g/mol. The molecule has 3 rings (SSSR count). The van der Waals surface area contributed by atoms with Gasteiger partial charge in [0.2, 0.25) is 0 Å². The van der Waals surface area contributed by atoms with Crippen LogP contribution in [0.15, 0.2) is 36.4 Å². The van der Waals surface area contributed by atoms with Crippen LogP contribution < -0.4 is 19.5 Å². The van der Waals surface area contributed by atoms with Crippen molar-refractivity contribution in [3.8, 4) is 17.2 Å². The molecule has 0 spiro atoms. The molecule has 122 valence electrons. The molecule has 0 aromatic heterocycles. The van der Waals surface area contributed by atoms with Crippen molar-refractivity contribution in [2.24, 2.45) is 0 Å². The Bertz CT molecular complexity index is 675. The van der Waals surface area contributed by atoms with Crippen molar-refractivity contribution in [1.82, 2.24) is 0 Å². The van der Waals surface area contributed by atoms with Crippen LogP contribution >= 0.6 is 11.6 Å². The summed E-state index contributed by atoms with van der Waals surface area (Å²) in [7, 11) is 0. The smallest absolute Gasteiger partial charge is 0.163 e. The van der Waals surface area contributed by atoms with E-state index in [2.05, 4.69) is 12.2 Å². The van der Waals surface area contributed by atoms with Gasteiger partial charge in [-0.15, -0.1) is 0 Å². The van der Waals surface area contributed by atoms with E-state index in [9.17, 15) is 0 Å². The first kappa shape index (κ1) is 15.8. The number of ether oxygens (including phenoxy) is 3. The summed E-state index contributed by atoms with van der Waals surface area (Å²) in [6.45, 7) is 4.61. The molecule has 2 aromatic rings. The predicted molar refractivity (Wildman–Crippen MR) is 92.0 cm³/mol. The molecule has 0 atom stereocenters. The molecule has 0 bridgehead atoms. The van der Waals surface area contributed by atoms with Crippen LogP contribution in [-0.4, -0.2) is 19.8 Å². The first-order valence-electron chi connectivity index (χ1n) is 7.81. The van der Waals surface area contributed by atoms with Crippen LogP contribution in [0.3, 0.4) is 0 Å². The minimum absolute atomic E-state index is 0.589. The van der Waals surface area contributed by atoms with Crippen LogP contribution in [-0.2, 0) is 6.54 Å². The second-order valence-electron chi connectivity index (χ2n) is 5.33. The quantitative estimate of drug-likeness (QED) is 0.844. The fraction of sp³-hybridized carbons (Fsp3) is 0.333. The van der Waals surface area contributed by atoms with Gasteiger partial charge in [-0.05, 0) is 36.2 Å². The molecule has 0 radical (unpaired) electrons. The van der Waals surface area contributed by atoms with Gasteiger partial charge < -0.3 is 19.5 Å². The third-order valence-corrected chi connectivity index (χ3v) is 3.79. The fourth-order valence-electron chi connectivity index (χ4n) is 2.34. The highest BCUT2D eigenvalue weighted by molar-refractivity contribution is 6.32. The highest BCUT2D eigenvalue weighted by Crippen LogP contribution is 2.33. The molecule has 1 heterocycles. The summed E-state index contributed by atoms with van der Waals surface area (Å²) in [6.07, 6.45) is 0.962. The maximum atomic E-state index is 6.25. The third-order valence-electron chi connectivity index (χ3n) is 3.50. The van der Waals surface area contributed by atoms with Gasteiger partial charge in [0.05, 0.1) is 11.6 Å². The van der Waals surface area contributed by atoms with Crippen molar-refractivity contribution in [2.75, 3.05) is 25.1 Å². The van der Waals surface area contributed by atoms with Gasteiger partial charge in [-0.1, -0.05) is 24.6 Å². The first-order valence-corrected chi connectivity index (χ1v) is 8.19. The number of hydrogen-bond donors (Lipinski definition) is 1. The molecule has 4 nitrogen and oxygen atoms in total. The number of anilines is 1. The summed E-state index contributed by atoms with van der Waals surface area (Å²) in [5.74, 6) is 2.31. The van der Waals surface area contributed by atoms with Gasteiger partial charge >= 0.3 is 0 Å². The maximum Gasteiger partial charge on any atom is 0.163 e. The third kappa shape index (κ3) is 4.02. The lowest BCUT2D eigenvalue weighted by Crippen LogP contribution is -2.15. The zero-order valence-corrected chi connectivity index (χ0v) is 13.9. The fourth-order valence-corrected chi connectivity index (χ4v) is 2.60. The Hall–Kier alpha value is -2.07. The Labute approximate surface area is 141 Å². The standard InChI is InChI=1S/C18H20ClNO3/c1-2-7-21-16-5-3-13(10-15(16)19)12-20-14-4-6-17-18(11-14)23-9-8-22-17/h3-6,10-11,20H,2,7-9,12H2,1H3. The zero-order chi connectivity index (χ0) is 16.1. The molecule has 0 unspecified atom stereocenters. The number of rotatable bonds is 6. The summed E-state index contributed by atoms with van der Waals surface area (Å²) in [5, 5.41) is 4.00. The molecule has 0 fully saturated rings. The van der Waals surface area contributed by atoms with Crippen molar-refractivity contribution in [3.63, 3.8) is 0 Å². The summed E-state index contributed by atoms with van der Waals surface area (Å²) in [5.41, 5.74) is 2.07. The molecule has 1 aliphatic rings. The summed E-state index contributed by atoms with van der Waals surface area (Å²) < 4.78 is 16.7. The van der Waals surface area contributed by atoms with E-state index in [0.29, 0.717) is 31.4 Å². The zero-order valence-electron chi connectivity index (χ0n) is 13.1. The summed E-state index contributed by atoms with van der Waals surface area (Å²) >= 11 is 6.25. The molecule has 0 saturated carbocycles. The van der Waals surface area contributed by atoms with Crippen LogP contribution in [0.2, 0.25) is 5.02 Å². The molecule has 23 heavy (non-hydrogen) atoms. The monoisotopic (exact) mass is 333 g/mol. The van der Waals surface area contributed by atoms with E-state index >= 15 is 0 Å². The van der Waals surface area contributed by atoms with Gasteiger partial charge in [0.15, 0.2) is 11.5 Å². The van der Waals surface area contributed by atoms with Gasteiger partial charge in [-0.3, -0.25) is 0 Å². The minimum Gasteiger partial charge on any atom is -0.492 e. The van der Waals surface area contributed by atoms with Gasteiger partial charge in [0, 0.05) is 18.3 Å². The highest BCUT2D eigenvalue weighted by atomic mass is 35.5. The first-order chi connectivity index (χ1) is 11.3. The SMILES string of the molecule is CCCOc1ccc(CNc2ccc3c(c2)OCCO3)cc1Cl. The van der Waals surface area contributed by atoms with Gasteiger partial charge in [-0.25, -0.2) is 0 Å². The highest BCUT2D eigenvalue weighted by Gasteiger charge is 2.11. The van der Waals surface area contributed by atoms with E-state index < -0.39 is 0 Å². The normalized spacial score (nSPS) is 12.8. The number of halogens is 1. The topological polar surface area (TPSA) is 39.7 Å². The van der Waals surface area contributed by atoms with E-state index in [1.54, 1.807) is 0 Å². The number of benzene rings is 2. The largest absolute Gasteiger partial charge is 0.492 e. The Morgan fingerprint density at radius 2 is 1.91 bits per heavy atom.